The maximum Gasteiger partial charge on any atom is 0.318 e. The van der Waals surface area contributed by atoms with Crippen LogP contribution in [0.5, 0.6) is 0 Å². The van der Waals surface area contributed by atoms with E-state index in [0.717, 1.165) is 6.54 Å². The van der Waals surface area contributed by atoms with E-state index in [1.807, 2.05) is 14.0 Å². The maximum atomic E-state index is 5.74. The van der Waals surface area contributed by atoms with Crippen molar-refractivity contribution in [2.24, 2.45) is 0 Å². The molecule has 1 aromatic rings. The zero-order chi connectivity index (χ0) is 12.3. The Kier molecular flexibility index (Phi) is 3.99. The smallest absolute Gasteiger partial charge is 0.318 e. The van der Waals surface area contributed by atoms with Gasteiger partial charge in [0.25, 0.3) is 0 Å². The van der Waals surface area contributed by atoms with E-state index in [0.29, 0.717) is 17.9 Å². The Labute approximate surface area is 103 Å². The molecule has 17 heavy (non-hydrogen) atoms. The summed E-state index contributed by atoms with van der Waals surface area (Å²) in [5.41, 5.74) is 0. The predicted molar refractivity (Wildman–Crippen MR) is 67.0 cm³/mol. The quantitative estimate of drug-likeness (QED) is 0.874. The highest BCUT2D eigenvalue weighted by Crippen LogP contribution is 2.24. The summed E-state index contributed by atoms with van der Waals surface area (Å²) in [7, 11) is 1.89. The van der Waals surface area contributed by atoms with E-state index in [-0.39, 0.29) is 6.04 Å². The topological polar surface area (TPSA) is 54.2 Å². The first-order valence-electron chi connectivity index (χ1n) is 6.49. The lowest BCUT2D eigenvalue weighted by Gasteiger charge is -2.24. The molecule has 1 aliphatic heterocycles. The molecular weight excluding hydrogens is 216 g/mol. The molecule has 1 fully saturated rings. The van der Waals surface area contributed by atoms with Crippen LogP contribution in [0.3, 0.4) is 0 Å². The molecule has 1 aliphatic rings. The average molecular weight is 238 g/mol. The van der Waals surface area contributed by atoms with Crippen LogP contribution in [-0.4, -0.2) is 29.8 Å². The molecule has 1 saturated heterocycles. The zero-order valence-corrected chi connectivity index (χ0v) is 10.9. The number of anilines is 1. The van der Waals surface area contributed by atoms with Gasteiger partial charge in [-0.3, -0.25) is 0 Å². The summed E-state index contributed by atoms with van der Waals surface area (Å²) < 4.78 is 5.74. The van der Waals surface area contributed by atoms with Crippen LogP contribution in [0.4, 0.5) is 6.01 Å². The van der Waals surface area contributed by atoms with Gasteiger partial charge in [-0.2, -0.15) is 0 Å². The molecule has 0 aromatic carbocycles. The maximum absolute atomic E-state index is 5.74. The first-order chi connectivity index (χ1) is 8.22. The lowest BCUT2D eigenvalue weighted by atomic mass is 10.1. The molecule has 2 rings (SSSR count). The van der Waals surface area contributed by atoms with Crippen LogP contribution >= 0.6 is 0 Å². The van der Waals surface area contributed by atoms with Gasteiger partial charge in [-0.1, -0.05) is 17.9 Å². The third kappa shape index (κ3) is 2.77. The van der Waals surface area contributed by atoms with Crippen molar-refractivity contribution in [2.45, 2.75) is 51.6 Å². The van der Waals surface area contributed by atoms with Crippen LogP contribution in [0.1, 0.15) is 51.5 Å². The molecule has 2 heterocycles. The van der Waals surface area contributed by atoms with E-state index in [1.165, 1.54) is 25.7 Å². The van der Waals surface area contributed by atoms with Crippen LogP contribution < -0.4 is 10.2 Å². The Morgan fingerprint density at radius 1 is 1.35 bits per heavy atom. The standard InChI is InChI=1S/C12H22N4O/c1-9-7-5-4-6-8-16(9)12-15-14-11(17-12)10(2)13-3/h9-10,13H,4-8H2,1-3H3. The number of hydrogen-bond donors (Lipinski definition) is 1. The van der Waals surface area contributed by atoms with E-state index in [9.17, 15) is 0 Å². The Hall–Kier alpha value is -1.10. The summed E-state index contributed by atoms with van der Waals surface area (Å²) in [6, 6.07) is 1.28. The van der Waals surface area contributed by atoms with Gasteiger partial charge in [-0.15, -0.1) is 5.10 Å². The molecule has 2 atom stereocenters. The number of nitrogens with zero attached hydrogens (tertiary/aromatic N) is 3. The van der Waals surface area contributed by atoms with Crippen molar-refractivity contribution in [3.63, 3.8) is 0 Å². The molecule has 5 heteroatoms. The van der Waals surface area contributed by atoms with Crippen LogP contribution in [0, 0.1) is 0 Å². The summed E-state index contributed by atoms with van der Waals surface area (Å²) in [6.45, 7) is 5.27. The number of hydrogen-bond acceptors (Lipinski definition) is 5. The van der Waals surface area contributed by atoms with Crippen molar-refractivity contribution in [3.05, 3.63) is 5.89 Å². The van der Waals surface area contributed by atoms with Crippen molar-refractivity contribution in [2.75, 3.05) is 18.5 Å². The highest BCUT2D eigenvalue weighted by molar-refractivity contribution is 5.26. The molecule has 96 valence electrons. The summed E-state index contributed by atoms with van der Waals surface area (Å²) >= 11 is 0. The van der Waals surface area contributed by atoms with Gasteiger partial charge >= 0.3 is 6.01 Å². The monoisotopic (exact) mass is 238 g/mol. The van der Waals surface area contributed by atoms with E-state index < -0.39 is 0 Å². The van der Waals surface area contributed by atoms with Gasteiger partial charge in [0, 0.05) is 12.6 Å². The van der Waals surface area contributed by atoms with Gasteiger partial charge in [0.15, 0.2) is 0 Å². The van der Waals surface area contributed by atoms with E-state index >= 15 is 0 Å². The number of aromatic nitrogens is 2. The van der Waals surface area contributed by atoms with Crippen LogP contribution in [0.2, 0.25) is 0 Å². The minimum atomic E-state index is 0.110. The Balaban J connectivity index is 2.12. The van der Waals surface area contributed by atoms with Gasteiger partial charge < -0.3 is 14.6 Å². The average Bonchev–Trinajstić information content (AvgIpc) is 2.72. The largest absolute Gasteiger partial charge is 0.406 e. The molecule has 0 spiro atoms. The summed E-state index contributed by atoms with van der Waals surface area (Å²) in [5, 5.41) is 11.4. The molecule has 1 aromatic heterocycles. The second-order valence-electron chi connectivity index (χ2n) is 4.82. The highest BCUT2D eigenvalue weighted by atomic mass is 16.4. The predicted octanol–water partition coefficient (Wildman–Crippen LogP) is 2.12. The van der Waals surface area contributed by atoms with Gasteiger partial charge in [-0.25, -0.2) is 0 Å². The normalized spacial score (nSPS) is 23.5. The van der Waals surface area contributed by atoms with E-state index in [1.54, 1.807) is 0 Å². The molecule has 0 aliphatic carbocycles. The fourth-order valence-corrected chi connectivity index (χ4v) is 2.20. The van der Waals surface area contributed by atoms with Gasteiger partial charge in [0.1, 0.15) is 0 Å². The SMILES string of the molecule is CNC(C)c1nnc(N2CCCCCC2C)o1. The first-order valence-corrected chi connectivity index (χ1v) is 6.49. The molecule has 5 nitrogen and oxygen atoms in total. The molecule has 0 saturated carbocycles. The summed E-state index contributed by atoms with van der Waals surface area (Å²) in [4.78, 5) is 2.24. The molecule has 0 radical (unpaired) electrons. The summed E-state index contributed by atoms with van der Waals surface area (Å²) in [5.74, 6) is 0.666. The van der Waals surface area contributed by atoms with Crippen molar-refractivity contribution >= 4 is 6.01 Å². The van der Waals surface area contributed by atoms with E-state index in [2.05, 4.69) is 27.3 Å². The van der Waals surface area contributed by atoms with Gasteiger partial charge in [0.2, 0.25) is 5.89 Å². The number of rotatable bonds is 3. The third-order valence-electron chi connectivity index (χ3n) is 3.53. The van der Waals surface area contributed by atoms with Gasteiger partial charge in [-0.05, 0) is 33.7 Å². The van der Waals surface area contributed by atoms with Gasteiger partial charge in [0.05, 0.1) is 6.04 Å². The van der Waals surface area contributed by atoms with Crippen molar-refractivity contribution in [1.29, 1.82) is 0 Å². The Bertz CT molecular complexity index is 352. The highest BCUT2D eigenvalue weighted by Gasteiger charge is 2.23. The third-order valence-corrected chi connectivity index (χ3v) is 3.53. The number of nitrogens with one attached hydrogen (secondary N) is 1. The van der Waals surface area contributed by atoms with Crippen LogP contribution in [-0.2, 0) is 0 Å². The fourth-order valence-electron chi connectivity index (χ4n) is 2.20. The molecule has 1 N–H and O–H groups in total. The van der Waals surface area contributed by atoms with E-state index in [4.69, 9.17) is 4.42 Å². The fraction of sp³-hybridized carbons (Fsp3) is 0.833. The van der Waals surface area contributed by atoms with Crippen molar-refractivity contribution in [3.8, 4) is 0 Å². The van der Waals surface area contributed by atoms with Crippen molar-refractivity contribution < 1.29 is 4.42 Å². The Morgan fingerprint density at radius 2 is 2.18 bits per heavy atom. The molecule has 0 bridgehead atoms. The van der Waals surface area contributed by atoms with Crippen molar-refractivity contribution in [1.82, 2.24) is 15.5 Å². The summed E-state index contributed by atoms with van der Waals surface area (Å²) in [6.07, 6.45) is 5.02. The second kappa shape index (κ2) is 5.49. The lowest BCUT2D eigenvalue weighted by Crippen LogP contribution is -2.32. The van der Waals surface area contributed by atoms with Crippen LogP contribution in [0.15, 0.2) is 4.42 Å². The lowest BCUT2D eigenvalue weighted by molar-refractivity contribution is 0.421. The first kappa shape index (κ1) is 12.4. The Morgan fingerprint density at radius 3 is 2.94 bits per heavy atom. The molecule has 0 amide bonds. The zero-order valence-electron chi connectivity index (χ0n) is 10.9. The second-order valence-corrected chi connectivity index (χ2v) is 4.82. The molecule has 2 unspecified atom stereocenters. The minimum Gasteiger partial charge on any atom is -0.406 e. The molecular formula is C12H22N4O. The minimum absolute atomic E-state index is 0.110. The van der Waals surface area contributed by atoms with Crippen LogP contribution in [0.25, 0.3) is 0 Å².